The Kier molecular flexibility index (Phi) is 4.24. The van der Waals surface area contributed by atoms with Crippen molar-refractivity contribution in [2.45, 2.75) is 39.0 Å². The molecule has 0 bridgehead atoms. The molecule has 106 valence electrons. The van der Waals surface area contributed by atoms with Gasteiger partial charge in [-0.3, -0.25) is 9.78 Å². The summed E-state index contributed by atoms with van der Waals surface area (Å²) in [6.45, 7) is 9.22. The van der Waals surface area contributed by atoms with Crippen molar-refractivity contribution in [3.05, 3.63) is 22.1 Å². The lowest BCUT2D eigenvalue weighted by molar-refractivity contribution is 0.389. The van der Waals surface area contributed by atoms with E-state index in [2.05, 4.69) is 41.4 Å². The van der Waals surface area contributed by atoms with E-state index < -0.39 is 0 Å². The van der Waals surface area contributed by atoms with Crippen LogP contribution in [0.5, 0.6) is 0 Å². The highest BCUT2D eigenvalue weighted by molar-refractivity contribution is 5.27. The number of hydrogen-bond acceptors (Lipinski definition) is 4. The first-order valence-corrected chi connectivity index (χ1v) is 7.01. The van der Waals surface area contributed by atoms with Crippen LogP contribution in [0.15, 0.2) is 10.9 Å². The van der Waals surface area contributed by atoms with Crippen molar-refractivity contribution in [2.75, 3.05) is 25.0 Å². The zero-order valence-corrected chi connectivity index (χ0v) is 12.0. The van der Waals surface area contributed by atoms with E-state index in [1.54, 1.807) is 6.07 Å². The van der Waals surface area contributed by atoms with E-state index in [0.717, 1.165) is 25.3 Å². The van der Waals surface area contributed by atoms with Gasteiger partial charge < -0.3 is 10.6 Å². The SMILES string of the molecule is CC(C)(C)c1cc(=O)[nH]c(NCC2CCNCC2)n1. The molecule has 2 heterocycles. The summed E-state index contributed by atoms with van der Waals surface area (Å²) in [6.07, 6.45) is 2.35. The normalized spacial score (nSPS) is 17.4. The van der Waals surface area contributed by atoms with Crippen molar-refractivity contribution in [1.29, 1.82) is 0 Å². The van der Waals surface area contributed by atoms with Crippen molar-refractivity contribution in [2.24, 2.45) is 5.92 Å². The Bertz CT molecular complexity index is 469. The summed E-state index contributed by atoms with van der Waals surface area (Å²) in [4.78, 5) is 18.9. The molecular formula is C14H24N4O. The van der Waals surface area contributed by atoms with Crippen LogP contribution >= 0.6 is 0 Å². The van der Waals surface area contributed by atoms with Crippen LogP contribution in [0.3, 0.4) is 0 Å². The Labute approximate surface area is 114 Å². The molecule has 19 heavy (non-hydrogen) atoms. The molecule has 1 aromatic rings. The van der Waals surface area contributed by atoms with Gasteiger partial charge in [0.05, 0.1) is 5.69 Å². The van der Waals surface area contributed by atoms with Crippen molar-refractivity contribution in [3.63, 3.8) is 0 Å². The quantitative estimate of drug-likeness (QED) is 0.773. The predicted octanol–water partition coefficient (Wildman–Crippen LogP) is 1.48. The first kappa shape index (κ1) is 14.1. The van der Waals surface area contributed by atoms with Gasteiger partial charge in [0, 0.05) is 18.0 Å². The molecule has 0 radical (unpaired) electrons. The first-order valence-electron chi connectivity index (χ1n) is 7.01. The Morgan fingerprint density at radius 2 is 2.05 bits per heavy atom. The van der Waals surface area contributed by atoms with Gasteiger partial charge in [0.2, 0.25) is 5.95 Å². The van der Waals surface area contributed by atoms with Gasteiger partial charge >= 0.3 is 0 Å². The van der Waals surface area contributed by atoms with Gasteiger partial charge in [-0.15, -0.1) is 0 Å². The zero-order chi connectivity index (χ0) is 13.9. The highest BCUT2D eigenvalue weighted by atomic mass is 16.1. The Morgan fingerprint density at radius 3 is 2.68 bits per heavy atom. The number of aromatic amines is 1. The first-order chi connectivity index (χ1) is 8.95. The summed E-state index contributed by atoms with van der Waals surface area (Å²) in [7, 11) is 0. The number of aromatic nitrogens is 2. The van der Waals surface area contributed by atoms with Crippen LogP contribution in [0.2, 0.25) is 0 Å². The molecule has 0 atom stereocenters. The van der Waals surface area contributed by atoms with Gasteiger partial charge in [-0.2, -0.15) is 0 Å². The third-order valence-corrected chi connectivity index (χ3v) is 3.53. The molecule has 0 saturated carbocycles. The molecule has 1 aromatic heterocycles. The highest BCUT2D eigenvalue weighted by Crippen LogP contribution is 2.19. The molecule has 3 N–H and O–H groups in total. The van der Waals surface area contributed by atoms with Gasteiger partial charge in [0.15, 0.2) is 0 Å². The standard InChI is InChI=1S/C14H24N4O/c1-14(2,3)11-8-12(19)18-13(17-11)16-9-10-4-6-15-7-5-10/h8,10,15H,4-7,9H2,1-3H3,(H2,16,17,18,19). The van der Waals surface area contributed by atoms with Crippen LogP contribution in [0.25, 0.3) is 0 Å². The summed E-state index contributed by atoms with van der Waals surface area (Å²) >= 11 is 0. The molecule has 5 nitrogen and oxygen atoms in total. The fourth-order valence-electron chi connectivity index (χ4n) is 2.25. The molecule has 0 spiro atoms. The highest BCUT2D eigenvalue weighted by Gasteiger charge is 2.18. The molecule has 2 rings (SSSR count). The van der Waals surface area contributed by atoms with Crippen LogP contribution in [0, 0.1) is 5.92 Å². The van der Waals surface area contributed by atoms with E-state index in [0.29, 0.717) is 11.9 Å². The number of H-pyrrole nitrogens is 1. The molecule has 0 unspecified atom stereocenters. The maximum atomic E-state index is 11.7. The van der Waals surface area contributed by atoms with Crippen LogP contribution in [-0.4, -0.2) is 29.6 Å². The van der Waals surface area contributed by atoms with E-state index in [4.69, 9.17) is 0 Å². The van der Waals surface area contributed by atoms with E-state index in [9.17, 15) is 4.79 Å². The minimum Gasteiger partial charge on any atom is -0.355 e. The Morgan fingerprint density at radius 1 is 1.37 bits per heavy atom. The number of nitrogens with zero attached hydrogens (tertiary/aromatic N) is 1. The summed E-state index contributed by atoms with van der Waals surface area (Å²) in [5, 5.41) is 6.62. The summed E-state index contributed by atoms with van der Waals surface area (Å²) in [5.41, 5.74) is 0.621. The molecule has 1 aliphatic rings. The van der Waals surface area contributed by atoms with Gasteiger partial charge in [0.25, 0.3) is 5.56 Å². The maximum Gasteiger partial charge on any atom is 0.252 e. The number of rotatable bonds is 3. The van der Waals surface area contributed by atoms with Crippen LogP contribution in [0.1, 0.15) is 39.3 Å². The second-order valence-corrected chi connectivity index (χ2v) is 6.30. The van der Waals surface area contributed by atoms with Gasteiger partial charge in [-0.25, -0.2) is 4.98 Å². The topological polar surface area (TPSA) is 69.8 Å². The molecule has 0 aromatic carbocycles. The molecule has 1 aliphatic heterocycles. The smallest absolute Gasteiger partial charge is 0.252 e. The molecular weight excluding hydrogens is 240 g/mol. The van der Waals surface area contributed by atoms with Gasteiger partial charge in [-0.1, -0.05) is 20.8 Å². The fourth-order valence-corrected chi connectivity index (χ4v) is 2.25. The number of nitrogens with one attached hydrogen (secondary N) is 3. The van der Waals surface area contributed by atoms with Gasteiger partial charge in [-0.05, 0) is 31.8 Å². The van der Waals surface area contributed by atoms with Crippen LogP contribution in [-0.2, 0) is 5.41 Å². The predicted molar refractivity (Wildman–Crippen MR) is 77.6 cm³/mol. The fraction of sp³-hybridized carbons (Fsp3) is 0.714. The third kappa shape index (κ3) is 4.06. The van der Waals surface area contributed by atoms with E-state index in [-0.39, 0.29) is 11.0 Å². The Hall–Kier alpha value is -1.36. The number of piperidine rings is 1. The number of anilines is 1. The average Bonchev–Trinajstić information content (AvgIpc) is 2.36. The lowest BCUT2D eigenvalue weighted by atomic mass is 9.92. The summed E-state index contributed by atoms with van der Waals surface area (Å²) < 4.78 is 0. The largest absolute Gasteiger partial charge is 0.355 e. The second-order valence-electron chi connectivity index (χ2n) is 6.30. The van der Waals surface area contributed by atoms with Crippen LogP contribution < -0.4 is 16.2 Å². The zero-order valence-electron chi connectivity index (χ0n) is 12.0. The van der Waals surface area contributed by atoms with Crippen molar-refractivity contribution < 1.29 is 0 Å². The Balaban J connectivity index is 2.03. The monoisotopic (exact) mass is 264 g/mol. The average molecular weight is 264 g/mol. The molecule has 5 heteroatoms. The second kappa shape index (κ2) is 5.74. The van der Waals surface area contributed by atoms with Crippen molar-refractivity contribution >= 4 is 5.95 Å². The molecule has 0 amide bonds. The number of hydrogen-bond donors (Lipinski definition) is 3. The minimum absolute atomic E-state index is 0.0901. The van der Waals surface area contributed by atoms with Crippen LogP contribution in [0.4, 0.5) is 5.95 Å². The summed E-state index contributed by atoms with van der Waals surface area (Å²) in [5.74, 6) is 1.25. The summed E-state index contributed by atoms with van der Waals surface area (Å²) in [6, 6.07) is 1.58. The molecule has 1 saturated heterocycles. The maximum absolute atomic E-state index is 11.7. The minimum atomic E-state index is -0.112. The van der Waals surface area contributed by atoms with Gasteiger partial charge in [0.1, 0.15) is 0 Å². The van der Waals surface area contributed by atoms with E-state index >= 15 is 0 Å². The third-order valence-electron chi connectivity index (χ3n) is 3.53. The molecule has 0 aliphatic carbocycles. The van der Waals surface area contributed by atoms with Crippen molar-refractivity contribution in [3.8, 4) is 0 Å². The van der Waals surface area contributed by atoms with E-state index in [1.807, 2.05) is 0 Å². The van der Waals surface area contributed by atoms with Crippen molar-refractivity contribution in [1.82, 2.24) is 15.3 Å². The van der Waals surface area contributed by atoms with E-state index in [1.165, 1.54) is 12.8 Å². The molecule has 1 fully saturated rings. The lowest BCUT2D eigenvalue weighted by Crippen LogP contribution is -2.31. The lowest BCUT2D eigenvalue weighted by Gasteiger charge is -2.23.